The Hall–Kier alpha value is -2.36. The van der Waals surface area contributed by atoms with E-state index in [-0.39, 0.29) is 30.0 Å². The van der Waals surface area contributed by atoms with Crippen LogP contribution in [-0.2, 0) is 6.54 Å². The third-order valence-electron chi connectivity index (χ3n) is 5.56. The molecule has 2 N–H and O–H groups in total. The molecule has 5 nitrogen and oxygen atoms in total. The van der Waals surface area contributed by atoms with E-state index in [0.29, 0.717) is 25.3 Å². The summed E-state index contributed by atoms with van der Waals surface area (Å²) < 4.78 is 27.2. The molecule has 0 amide bonds. The van der Waals surface area contributed by atoms with Crippen molar-refractivity contribution < 1.29 is 8.78 Å². The monoisotopic (exact) mass is 539 g/mol. The lowest BCUT2D eigenvalue weighted by Crippen LogP contribution is -2.44. The number of guanidine groups is 1. The van der Waals surface area contributed by atoms with Gasteiger partial charge in [-0.1, -0.05) is 24.3 Å². The van der Waals surface area contributed by atoms with E-state index in [1.807, 2.05) is 4.90 Å². The zero-order valence-electron chi connectivity index (χ0n) is 17.5. The van der Waals surface area contributed by atoms with E-state index in [1.165, 1.54) is 23.4 Å². The van der Waals surface area contributed by atoms with Crippen molar-refractivity contribution in [3.05, 3.63) is 71.8 Å². The van der Waals surface area contributed by atoms with Crippen molar-refractivity contribution in [3.8, 4) is 0 Å². The van der Waals surface area contributed by atoms with E-state index < -0.39 is 11.6 Å². The van der Waals surface area contributed by atoms with Crippen molar-refractivity contribution in [3.63, 3.8) is 0 Å². The van der Waals surface area contributed by atoms with Gasteiger partial charge in [-0.2, -0.15) is 0 Å². The minimum Gasteiger partial charge on any atom is -0.367 e. The predicted octanol–water partition coefficient (Wildman–Crippen LogP) is 3.90. The second-order valence-electron chi connectivity index (χ2n) is 7.64. The lowest BCUT2D eigenvalue weighted by atomic mass is 10.2. The molecule has 0 aromatic heterocycles. The van der Waals surface area contributed by atoms with E-state index >= 15 is 0 Å². The van der Waals surface area contributed by atoms with Gasteiger partial charge in [0.15, 0.2) is 5.96 Å². The van der Waals surface area contributed by atoms with Crippen LogP contribution in [0.5, 0.6) is 0 Å². The Labute approximate surface area is 199 Å². The van der Waals surface area contributed by atoms with Gasteiger partial charge in [0.1, 0.15) is 11.6 Å². The van der Waals surface area contributed by atoms with E-state index in [9.17, 15) is 8.78 Å². The summed E-state index contributed by atoms with van der Waals surface area (Å²) in [6.45, 7) is 3.92. The van der Waals surface area contributed by atoms with Gasteiger partial charge >= 0.3 is 0 Å². The second-order valence-corrected chi connectivity index (χ2v) is 7.64. The fourth-order valence-corrected chi connectivity index (χ4v) is 3.96. The Kier molecular flexibility index (Phi) is 8.11. The van der Waals surface area contributed by atoms with Crippen molar-refractivity contribution in [2.45, 2.75) is 19.0 Å². The number of aliphatic imine (C=N–C) groups is 1. The van der Waals surface area contributed by atoms with Crippen molar-refractivity contribution in [2.24, 2.45) is 4.99 Å². The molecule has 0 radical (unpaired) electrons. The van der Waals surface area contributed by atoms with Crippen molar-refractivity contribution in [2.75, 3.05) is 43.0 Å². The smallest absolute Gasteiger partial charge is 0.191 e. The Balaban J connectivity index is 0.00000272. The molecule has 166 valence electrons. The van der Waals surface area contributed by atoms with Gasteiger partial charge in [0.25, 0.3) is 0 Å². The van der Waals surface area contributed by atoms with Crippen LogP contribution >= 0.6 is 24.0 Å². The number of nitrogens with one attached hydrogen (secondary N) is 2. The quantitative estimate of drug-likeness (QED) is 0.262. The molecule has 0 spiro atoms. The molecule has 1 saturated heterocycles. The Bertz CT molecular complexity index is 941. The summed E-state index contributed by atoms with van der Waals surface area (Å²) in [5, 5.41) is 6.78. The summed E-state index contributed by atoms with van der Waals surface area (Å²) in [5.74, 6) is -0.360. The molecule has 1 fully saturated rings. The fraction of sp³-hybridized carbons (Fsp3) is 0.348. The molecule has 8 heteroatoms. The molecule has 2 aromatic carbocycles. The summed E-state index contributed by atoms with van der Waals surface area (Å²) in [7, 11) is 1.74. The van der Waals surface area contributed by atoms with Crippen LogP contribution in [-0.4, -0.2) is 45.2 Å². The molecule has 0 aliphatic carbocycles. The maximum Gasteiger partial charge on any atom is 0.191 e. The maximum absolute atomic E-state index is 14.1. The summed E-state index contributed by atoms with van der Waals surface area (Å²) in [6, 6.07) is 12.4. The van der Waals surface area contributed by atoms with E-state index in [0.717, 1.165) is 31.5 Å². The summed E-state index contributed by atoms with van der Waals surface area (Å²) in [6.07, 6.45) is 5.22. The highest BCUT2D eigenvalue weighted by Gasteiger charge is 2.25. The number of rotatable bonds is 5. The van der Waals surface area contributed by atoms with Crippen molar-refractivity contribution in [1.82, 2.24) is 10.6 Å². The lowest BCUT2D eigenvalue weighted by Gasteiger charge is -2.21. The number of anilines is 2. The number of halogens is 3. The average Bonchev–Trinajstić information content (AvgIpc) is 3.44. The summed E-state index contributed by atoms with van der Waals surface area (Å²) >= 11 is 0. The van der Waals surface area contributed by atoms with Gasteiger partial charge in [0.05, 0.1) is 5.69 Å². The third kappa shape index (κ3) is 5.87. The first-order valence-electron chi connectivity index (χ1n) is 10.3. The molecule has 0 saturated carbocycles. The Morgan fingerprint density at radius 3 is 2.65 bits per heavy atom. The molecule has 31 heavy (non-hydrogen) atoms. The topological polar surface area (TPSA) is 42.9 Å². The number of benzene rings is 2. The molecule has 1 unspecified atom stereocenters. The van der Waals surface area contributed by atoms with Gasteiger partial charge in [-0.3, -0.25) is 4.99 Å². The zero-order valence-corrected chi connectivity index (χ0v) is 19.9. The van der Waals surface area contributed by atoms with Crippen LogP contribution in [0.4, 0.5) is 20.2 Å². The van der Waals surface area contributed by atoms with Crippen LogP contribution in [0.15, 0.2) is 59.6 Å². The standard InChI is InChI=1S/C23H27F2N5.HI/c1-26-23(27-15-17-5-4-6-20(13-17)29-10-2-3-11-29)28-19-9-12-30(16-19)22-8-7-18(24)14-21(22)25;/h2-8,13-14,19H,9-12,15-16H2,1H3,(H2,26,27,28);1H. The molecule has 2 heterocycles. The van der Waals surface area contributed by atoms with Crippen molar-refractivity contribution in [1.29, 1.82) is 0 Å². The summed E-state index contributed by atoms with van der Waals surface area (Å²) in [5.41, 5.74) is 2.84. The second kappa shape index (κ2) is 10.8. The Morgan fingerprint density at radius 1 is 1.10 bits per heavy atom. The van der Waals surface area contributed by atoms with Gasteiger partial charge in [0, 0.05) is 57.6 Å². The zero-order chi connectivity index (χ0) is 20.9. The SMILES string of the molecule is CN=C(NCc1cccc(N2CC=CC2)c1)NC1CCN(c2ccc(F)cc2F)C1.I. The van der Waals surface area contributed by atoms with Gasteiger partial charge in [-0.05, 0) is 36.2 Å². The molecular weight excluding hydrogens is 511 g/mol. The number of hydrogen-bond acceptors (Lipinski definition) is 3. The molecule has 2 aromatic rings. The van der Waals surface area contributed by atoms with Gasteiger partial charge in [-0.15, -0.1) is 24.0 Å². The highest BCUT2D eigenvalue weighted by molar-refractivity contribution is 14.0. The molecule has 2 aliphatic rings. The predicted molar refractivity (Wildman–Crippen MR) is 134 cm³/mol. The van der Waals surface area contributed by atoms with Crippen LogP contribution < -0.4 is 20.4 Å². The highest BCUT2D eigenvalue weighted by Crippen LogP contribution is 2.24. The highest BCUT2D eigenvalue weighted by atomic mass is 127. The first-order chi connectivity index (χ1) is 14.6. The lowest BCUT2D eigenvalue weighted by molar-refractivity contribution is 0.580. The minimum atomic E-state index is -0.556. The maximum atomic E-state index is 14.1. The van der Waals surface area contributed by atoms with Crippen LogP contribution in [0, 0.1) is 11.6 Å². The van der Waals surface area contributed by atoms with Gasteiger partial charge < -0.3 is 20.4 Å². The van der Waals surface area contributed by atoms with Gasteiger partial charge in [0.2, 0.25) is 0 Å². The summed E-state index contributed by atoms with van der Waals surface area (Å²) in [4.78, 5) is 8.58. The first kappa shape index (κ1) is 23.3. The normalized spacial score (nSPS) is 18.3. The number of hydrogen-bond donors (Lipinski definition) is 2. The molecule has 0 bridgehead atoms. The first-order valence-corrected chi connectivity index (χ1v) is 10.3. The van der Waals surface area contributed by atoms with Crippen LogP contribution in [0.2, 0.25) is 0 Å². The van der Waals surface area contributed by atoms with E-state index in [2.05, 4.69) is 56.9 Å². The van der Waals surface area contributed by atoms with Crippen LogP contribution in [0.1, 0.15) is 12.0 Å². The average molecular weight is 539 g/mol. The van der Waals surface area contributed by atoms with Gasteiger partial charge in [-0.25, -0.2) is 8.78 Å². The van der Waals surface area contributed by atoms with E-state index in [1.54, 1.807) is 7.05 Å². The fourth-order valence-electron chi connectivity index (χ4n) is 3.96. The largest absolute Gasteiger partial charge is 0.367 e. The van der Waals surface area contributed by atoms with Crippen molar-refractivity contribution >= 4 is 41.3 Å². The molecule has 2 aliphatic heterocycles. The molecular formula is C23H28F2IN5. The number of nitrogens with zero attached hydrogens (tertiary/aromatic N) is 3. The van der Waals surface area contributed by atoms with E-state index in [4.69, 9.17) is 0 Å². The Morgan fingerprint density at radius 2 is 1.90 bits per heavy atom. The molecule has 1 atom stereocenters. The third-order valence-corrected chi connectivity index (χ3v) is 5.56. The van der Waals surface area contributed by atoms with Crippen LogP contribution in [0.3, 0.4) is 0 Å². The minimum absolute atomic E-state index is 0. The molecule has 4 rings (SSSR count). The van der Waals surface area contributed by atoms with Crippen LogP contribution in [0.25, 0.3) is 0 Å².